The van der Waals surface area contributed by atoms with Crippen LogP contribution >= 0.6 is 0 Å². The number of benzene rings is 6. The van der Waals surface area contributed by atoms with Crippen molar-refractivity contribution >= 4 is 54.6 Å². The van der Waals surface area contributed by atoms with Crippen LogP contribution < -0.4 is 0 Å². The van der Waals surface area contributed by atoms with Gasteiger partial charge in [-0.15, -0.1) is 0 Å². The summed E-state index contributed by atoms with van der Waals surface area (Å²) in [6, 6.07) is 46.9. The van der Waals surface area contributed by atoms with E-state index in [-0.39, 0.29) is 0 Å². The van der Waals surface area contributed by atoms with Gasteiger partial charge in [0.2, 0.25) is 0 Å². The molecule has 0 bridgehead atoms. The van der Waals surface area contributed by atoms with Gasteiger partial charge in [-0.25, -0.2) is 15.0 Å². The van der Waals surface area contributed by atoms with E-state index in [1.54, 1.807) is 0 Å². The molecule has 6 aromatic carbocycles. The summed E-state index contributed by atoms with van der Waals surface area (Å²) < 4.78 is 12.8. The first-order chi connectivity index (χ1) is 23.8. The number of hydrogen-bond donors (Lipinski definition) is 0. The third-order valence-corrected chi connectivity index (χ3v) is 8.98. The Morgan fingerprint density at radius 2 is 1.12 bits per heavy atom. The predicted octanol–water partition coefficient (Wildman–Crippen LogP) is 10.9. The predicted molar refractivity (Wildman–Crippen MR) is 191 cm³/mol. The summed E-state index contributed by atoms with van der Waals surface area (Å²) in [6.45, 7) is 0. The van der Waals surface area contributed by atoms with Crippen molar-refractivity contribution in [1.29, 1.82) is 0 Å². The quantitative estimate of drug-likeness (QED) is 0.196. The summed E-state index contributed by atoms with van der Waals surface area (Å²) >= 11 is 0. The number of furan rings is 2. The zero-order valence-electron chi connectivity index (χ0n) is 25.5. The second kappa shape index (κ2) is 10.4. The Hall–Kier alpha value is -6.66. The first-order valence-corrected chi connectivity index (χ1v) is 15.8. The lowest BCUT2D eigenvalue weighted by atomic mass is 10.0. The molecule has 0 saturated heterocycles. The summed E-state index contributed by atoms with van der Waals surface area (Å²) in [7, 11) is 0. The van der Waals surface area contributed by atoms with Crippen LogP contribution in [0.15, 0.2) is 155 Å². The number of aromatic nitrogens is 4. The van der Waals surface area contributed by atoms with Crippen molar-refractivity contribution < 1.29 is 8.83 Å². The second-order valence-electron chi connectivity index (χ2n) is 11.9. The average Bonchev–Trinajstić information content (AvgIpc) is 3.73. The molecule has 0 N–H and O–H groups in total. The second-order valence-corrected chi connectivity index (χ2v) is 11.9. The highest BCUT2D eigenvalue weighted by Crippen LogP contribution is 2.40. The minimum absolute atomic E-state index is 0.566. The minimum atomic E-state index is 0.566. The topological polar surface area (TPSA) is 77.8 Å². The first-order valence-electron chi connectivity index (χ1n) is 15.8. The molecule has 4 heterocycles. The van der Waals surface area contributed by atoms with Gasteiger partial charge < -0.3 is 8.83 Å². The molecule has 6 heteroatoms. The fraction of sp³-hybridized carbons (Fsp3) is 0. The van der Waals surface area contributed by atoms with Gasteiger partial charge >= 0.3 is 0 Å². The van der Waals surface area contributed by atoms with Gasteiger partial charge in [0.25, 0.3) is 0 Å². The van der Waals surface area contributed by atoms with Crippen LogP contribution in [0, 0.1) is 0 Å². The van der Waals surface area contributed by atoms with E-state index in [0.29, 0.717) is 17.5 Å². The molecule has 0 spiro atoms. The van der Waals surface area contributed by atoms with Crippen LogP contribution in [-0.2, 0) is 0 Å². The molecule has 0 unspecified atom stereocenters. The molecule has 48 heavy (non-hydrogen) atoms. The molecule has 0 fully saturated rings. The lowest BCUT2D eigenvalue weighted by Gasteiger charge is -2.10. The monoisotopic (exact) mass is 616 g/mol. The Morgan fingerprint density at radius 1 is 0.417 bits per heavy atom. The molecule has 10 aromatic rings. The molecule has 0 saturated carbocycles. The van der Waals surface area contributed by atoms with Gasteiger partial charge in [-0.2, -0.15) is 0 Å². The van der Waals surface area contributed by atoms with Gasteiger partial charge in [0.05, 0.1) is 5.69 Å². The van der Waals surface area contributed by atoms with Crippen molar-refractivity contribution in [2.75, 3.05) is 0 Å². The summed E-state index contributed by atoms with van der Waals surface area (Å²) in [5, 5.41) is 6.22. The molecule has 0 radical (unpaired) electrons. The van der Waals surface area contributed by atoms with E-state index in [2.05, 4.69) is 42.5 Å². The van der Waals surface area contributed by atoms with E-state index in [9.17, 15) is 0 Å². The smallest absolute Gasteiger partial charge is 0.164 e. The molecule has 0 aliphatic carbocycles. The maximum absolute atomic E-state index is 6.48. The molecule has 224 valence electrons. The summed E-state index contributed by atoms with van der Waals surface area (Å²) in [5.41, 5.74) is 7.49. The molecule has 6 nitrogen and oxygen atoms in total. The number of rotatable bonds is 4. The molecule has 0 aliphatic heterocycles. The Labute approximate surface area is 274 Å². The molecule has 0 amide bonds. The van der Waals surface area contributed by atoms with Gasteiger partial charge in [0.15, 0.2) is 17.5 Å². The largest absolute Gasteiger partial charge is 0.456 e. The Kier molecular flexibility index (Phi) is 5.77. The fourth-order valence-corrected chi connectivity index (χ4v) is 6.67. The van der Waals surface area contributed by atoms with E-state index in [4.69, 9.17) is 28.8 Å². The average molecular weight is 617 g/mol. The molecular weight excluding hydrogens is 592 g/mol. The van der Waals surface area contributed by atoms with E-state index in [1.807, 2.05) is 103 Å². The minimum Gasteiger partial charge on any atom is -0.456 e. The van der Waals surface area contributed by atoms with Crippen molar-refractivity contribution in [2.24, 2.45) is 0 Å². The van der Waals surface area contributed by atoms with E-state index < -0.39 is 0 Å². The Morgan fingerprint density at radius 3 is 2.04 bits per heavy atom. The molecule has 0 aliphatic rings. The standard InChI is InChI=1S/C42H24N4O2/c1-2-11-26(12-3-1)40-44-41(28-21-20-25-10-4-5-13-27(25)22-28)46-42(45-40)32-17-9-19-36-38(32)33-24-43-34(23-37(33)47-36)31-16-8-15-30-29-14-6-7-18-35(29)48-39(30)31/h1-24H. The third kappa shape index (κ3) is 4.20. The van der Waals surface area contributed by atoms with Crippen molar-refractivity contribution in [3.63, 3.8) is 0 Å². The van der Waals surface area contributed by atoms with Crippen molar-refractivity contribution in [3.05, 3.63) is 146 Å². The maximum atomic E-state index is 6.48. The highest BCUT2D eigenvalue weighted by atomic mass is 16.3. The summed E-state index contributed by atoms with van der Waals surface area (Å²) in [5.74, 6) is 1.78. The normalized spacial score (nSPS) is 11.8. The first kappa shape index (κ1) is 26.5. The van der Waals surface area contributed by atoms with E-state index in [0.717, 1.165) is 82.6 Å². The fourth-order valence-electron chi connectivity index (χ4n) is 6.67. The van der Waals surface area contributed by atoms with Gasteiger partial charge in [-0.1, -0.05) is 109 Å². The van der Waals surface area contributed by atoms with Crippen LogP contribution in [0.2, 0.25) is 0 Å². The van der Waals surface area contributed by atoms with E-state index >= 15 is 0 Å². The molecule has 0 atom stereocenters. The van der Waals surface area contributed by atoms with Crippen LogP contribution in [0.3, 0.4) is 0 Å². The van der Waals surface area contributed by atoms with Crippen molar-refractivity contribution in [3.8, 4) is 45.4 Å². The van der Waals surface area contributed by atoms with Crippen molar-refractivity contribution in [1.82, 2.24) is 19.9 Å². The highest BCUT2D eigenvalue weighted by Gasteiger charge is 2.20. The van der Waals surface area contributed by atoms with Gasteiger partial charge in [-0.3, -0.25) is 4.98 Å². The zero-order valence-corrected chi connectivity index (χ0v) is 25.5. The van der Waals surface area contributed by atoms with Crippen LogP contribution in [0.4, 0.5) is 0 Å². The molecule has 4 aromatic heterocycles. The summed E-state index contributed by atoms with van der Waals surface area (Å²) in [4.78, 5) is 20.0. The van der Waals surface area contributed by atoms with Gasteiger partial charge in [0, 0.05) is 56.1 Å². The van der Waals surface area contributed by atoms with Crippen molar-refractivity contribution in [2.45, 2.75) is 0 Å². The van der Waals surface area contributed by atoms with Crippen LogP contribution in [0.5, 0.6) is 0 Å². The lowest BCUT2D eigenvalue weighted by Crippen LogP contribution is -2.00. The zero-order chi connectivity index (χ0) is 31.6. The Balaban J connectivity index is 1.16. The third-order valence-electron chi connectivity index (χ3n) is 8.98. The van der Waals surface area contributed by atoms with Gasteiger partial charge in [-0.05, 0) is 35.0 Å². The lowest BCUT2D eigenvalue weighted by molar-refractivity contribution is 0.667. The number of para-hydroxylation sites is 2. The summed E-state index contributed by atoms with van der Waals surface area (Å²) in [6.07, 6.45) is 1.88. The van der Waals surface area contributed by atoms with E-state index in [1.165, 1.54) is 0 Å². The Bertz CT molecular complexity index is 2850. The van der Waals surface area contributed by atoms with Crippen LogP contribution in [0.1, 0.15) is 0 Å². The number of nitrogens with zero attached hydrogens (tertiary/aromatic N) is 4. The number of pyridine rings is 1. The molecular formula is C42H24N4O2. The SMILES string of the molecule is c1ccc(-c2nc(-c3ccc4ccccc4c3)nc(-c3cccc4oc5cc(-c6cccc7c6oc6ccccc67)ncc5c34)n2)cc1. The number of fused-ring (bicyclic) bond motifs is 7. The number of hydrogen-bond acceptors (Lipinski definition) is 6. The highest BCUT2D eigenvalue weighted by molar-refractivity contribution is 6.13. The van der Waals surface area contributed by atoms with Crippen LogP contribution in [-0.4, -0.2) is 19.9 Å². The van der Waals surface area contributed by atoms with Crippen LogP contribution in [0.25, 0.3) is 100 Å². The van der Waals surface area contributed by atoms with Gasteiger partial charge in [0.1, 0.15) is 22.3 Å². The molecule has 10 rings (SSSR count). The maximum Gasteiger partial charge on any atom is 0.164 e.